The van der Waals surface area contributed by atoms with Gasteiger partial charge in [0.1, 0.15) is 17.7 Å². The number of nitrogens with one attached hydrogen (secondary N) is 1. The lowest BCUT2D eigenvalue weighted by Crippen LogP contribution is -2.60. The van der Waals surface area contributed by atoms with Gasteiger partial charge in [-0.1, -0.05) is 69.7 Å². The molecule has 1 aromatic rings. The van der Waals surface area contributed by atoms with E-state index in [1.54, 1.807) is 17.1 Å². The number of methoxy groups -OCH3 is 1. The van der Waals surface area contributed by atoms with Gasteiger partial charge in [0.25, 0.3) is 0 Å². The summed E-state index contributed by atoms with van der Waals surface area (Å²) in [6.45, 7) is 15.7. The molecule has 1 spiro atoms. The quantitative estimate of drug-likeness (QED) is 0.152. The van der Waals surface area contributed by atoms with Gasteiger partial charge in [-0.05, 0) is 50.5 Å². The number of aliphatic hydroxyl groups excluding tert-OH is 1. The Balaban J connectivity index is 1.74. The molecule has 1 unspecified atom stereocenters. The molecule has 11 nitrogen and oxygen atoms in total. The van der Waals surface area contributed by atoms with Gasteiger partial charge in [0.2, 0.25) is 17.7 Å². The van der Waals surface area contributed by atoms with E-state index >= 15 is 0 Å². The minimum Gasteiger partial charge on any atom is -0.455 e. The standard InChI is InChI=1S/C39H57N3O8/c1-8-11-18-31(44)40-29(24-48-7)34(27-16-13-12-14-17-27)49-38(47)32-30-19-20-39(50-30)33(32)36(45)42(28(23-43)22-25(4)5)35(39)37(46)41(21-10-3)26(6)15-9-2/h8,10,12-14,16-17,25-26,28-30,32-35,43H,1,3,9,11,15,18-24H2,2,4-7H3,(H,40,44)/t26?,28-,29+,30-,32+,33+,34+,35-,39+/m1/s1. The Hall–Kier alpha value is -3.54. The third-order valence-corrected chi connectivity index (χ3v) is 10.4. The summed E-state index contributed by atoms with van der Waals surface area (Å²) in [6.07, 6.45) is 5.46. The van der Waals surface area contributed by atoms with Crippen LogP contribution in [-0.4, -0.2) is 101 Å². The van der Waals surface area contributed by atoms with Crippen molar-refractivity contribution in [2.75, 3.05) is 26.9 Å². The van der Waals surface area contributed by atoms with Gasteiger partial charge in [-0.2, -0.15) is 0 Å². The van der Waals surface area contributed by atoms with Gasteiger partial charge < -0.3 is 34.4 Å². The smallest absolute Gasteiger partial charge is 0.313 e. The minimum atomic E-state index is -1.26. The van der Waals surface area contributed by atoms with Crippen molar-refractivity contribution in [2.24, 2.45) is 17.8 Å². The normalized spacial score (nSPS) is 26.2. The van der Waals surface area contributed by atoms with Gasteiger partial charge in [-0.3, -0.25) is 19.2 Å². The summed E-state index contributed by atoms with van der Waals surface area (Å²) >= 11 is 0. The molecule has 276 valence electrons. The van der Waals surface area contributed by atoms with Crippen LogP contribution in [0.3, 0.4) is 0 Å². The van der Waals surface area contributed by atoms with Crippen LogP contribution in [0.4, 0.5) is 0 Å². The molecule has 1 aromatic carbocycles. The zero-order valence-electron chi connectivity index (χ0n) is 30.4. The number of amides is 3. The molecular formula is C39H57N3O8. The molecule has 0 saturated carbocycles. The first kappa shape index (κ1) is 39.2. The summed E-state index contributed by atoms with van der Waals surface area (Å²) in [5.41, 5.74) is -0.605. The number of hydrogen-bond donors (Lipinski definition) is 2. The van der Waals surface area contributed by atoms with Crippen molar-refractivity contribution < 1.29 is 38.5 Å². The van der Waals surface area contributed by atoms with Crippen molar-refractivity contribution in [3.05, 3.63) is 61.2 Å². The largest absolute Gasteiger partial charge is 0.455 e. The third-order valence-electron chi connectivity index (χ3n) is 10.4. The summed E-state index contributed by atoms with van der Waals surface area (Å²) in [5, 5.41) is 13.6. The second-order valence-electron chi connectivity index (χ2n) is 14.4. The van der Waals surface area contributed by atoms with Crippen LogP contribution >= 0.6 is 0 Å². The maximum absolute atomic E-state index is 14.8. The lowest BCUT2D eigenvalue weighted by molar-refractivity contribution is -0.163. The second kappa shape index (κ2) is 17.6. The number of benzene rings is 1. The maximum Gasteiger partial charge on any atom is 0.313 e. The lowest BCUT2D eigenvalue weighted by atomic mass is 9.70. The molecule has 3 fully saturated rings. The summed E-state index contributed by atoms with van der Waals surface area (Å²) in [6, 6.07) is 6.61. The summed E-state index contributed by atoms with van der Waals surface area (Å²) in [7, 11) is 1.51. The molecule has 4 rings (SSSR count). The van der Waals surface area contributed by atoms with Gasteiger partial charge >= 0.3 is 5.97 Å². The lowest BCUT2D eigenvalue weighted by Gasteiger charge is -2.41. The van der Waals surface area contributed by atoms with E-state index in [4.69, 9.17) is 14.2 Å². The van der Waals surface area contributed by atoms with Crippen LogP contribution in [0.2, 0.25) is 0 Å². The molecule has 3 aliphatic heterocycles. The Labute approximate surface area is 297 Å². The van der Waals surface area contributed by atoms with E-state index in [2.05, 4.69) is 25.4 Å². The molecule has 2 bridgehead atoms. The first-order valence-electron chi connectivity index (χ1n) is 18.2. The van der Waals surface area contributed by atoms with Crippen LogP contribution in [0.5, 0.6) is 0 Å². The molecule has 0 aliphatic carbocycles. The van der Waals surface area contributed by atoms with Crippen LogP contribution in [0, 0.1) is 17.8 Å². The molecule has 3 aliphatic rings. The zero-order chi connectivity index (χ0) is 36.6. The van der Waals surface area contributed by atoms with Crippen LogP contribution in [0.25, 0.3) is 0 Å². The first-order valence-corrected chi connectivity index (χ1v) is 18.2. The molecule has 9 atom stereocenters. The molecular weight excluding hydrogens is 638 g/mol. The molecule has 2 N–H and O–H groups in total. The van der Waals surface area contributed by atoms with Gasteiger partial charge in [0.15, 0.2) is 0 Å². The summed E-state index contributed by atoms with van der Waals surface area (Å²) in [5.74, 6) is -3.35. The number of fused-ring (bicyclic) bond motifs is 1. The Bertz CT molecular complexity index is 1350. The first-order chi connectivity index (χ1) is 24.0. The summed E-state index contributed by atoms with van der Waals surface area (Å²) in [4.78, 5) is 60.2. The number of ether oxygens (including phenoxy) is 3. The average Bonchev–Trinajstić information content (AvgIpc) is 3.74. The molecule has 0 radical (unpaired) electrons. The average molecular weight is 696 g/mol. The number of hydrogen-bond acceptors (Lipinski definition) is 8. The van der Waals surface area contributed by atoms with Gasteiger partial charge in [0.05, 0.1) is 43.2 Å². The van der Waals surface area contributed by atoms with Crippen LogP contribution in [0.15, 0.2) is 55.6 Å². The van der Waals surface area contributed by atoms with Crippen molar-refractivity contribution >= 4 is 23.7 Å². The van der Waals surface area contributed by atoms with Gasteiger partial charge in [0, 0.05) is 26.1 Å². The number of aliphatic hydroxyl groups is 1. The molecule has 3 amide bonds. The van der Waals surface area contributed by atoms with Crippen LogP contribution in [-0.2, 0) is 33.4 Å². The van der Waals surface area contributed by atoms with Crippen molar-refractivity contribution in [3.8, 4) is 0 Å². The van der Waals surface area contributed by atoms with Crippen molar-refractivity contribution in [2.45, 2.75) is 115 Å². The minimum absolute atomic E-state index is 0.0659. The fourth-order valence-corrected chi connectivity index (χ4v) is 8.33. The van der Waals surface area contributed by atoms with Gasteiger partial charge in [-0.25, -0.2) is 0 Å². The molecule has 50 heavy (non-hydrogen) atoms. The van der Waals surface area contributed by atoms with Crippen molar-refractivity contribution in [1.82, 2.24) is 15.1 Å². The highest BCUT2D eigenvalue weighted by Gasteiger charge is 2.75. The molecule has 11 heteroatoms. The maximum atomic E-state index is 14.8. The number of rotatable bonds is 20. The van der Waals surface area contributed by atoms with Crippen molar-refractivity contribution in [1.29, 1.82) is 0 Å². The number of carbonyl (C=O) groups is 4. The Kier molecular flexibility index (Phi) is 13.8. The fourth-order valence-electron chi connectivity index (χ4n) is 8.33. The topological polar surface area (TPSA) is 135 Å². The Morgan fingerprint density at radius 1 is 1.18 bits per heavy atom. The molecule has 0 aromatic heterocycles. The van der Waals surface area contributed by atoms with E-state index in [0.29, 0.717) is 37.8 Å². The van der Waals surface area contributed by atoms with E-state index < -0.39 is 53.7 Å². The number of likely N-dealkylation sites (tertiary alicyclic amines) is 1. The predicted molar refractivity (Wildman–Crippen MR) is 190 cm³/mol. The predicted octanol–water partition coefficient (Wildman–Crippen LogP) is 4.35. The second-order valence-corrected chi connectivity index (χ2v) is 14.4. The van der Waals surface area contributed by atoms with E-state index in [0.717, 1.165) is 12.8 Å². The van der Waals surface area contributed by atoms with Crippen LogP contribution < -0.4 is 5.32 Å². The van der Waals surface area contributed by atoms with E-state index in [9.17, 15) is 24.3 Å². The fraction of sp³-hybridized carbons (Fsp3) is 0.641. The van der Waals surface area contributed by atoms with Gasteiger partial charge in [-0.15, -0.1) is 13.2 Å². The number of carbonyl (C=O) groups excluding carboxylic acids is 4. The highest BCUT2D eigenvalue weighted by Crippen LogP contribution is 2.59. The van der Waals surface area contributed by atoms with Crippen LogP contribution in [0.1, 0.15) is 84.3 Å². The van der Waals surface area contributed by atoms with Crippen molar-refractivity contribution in [3.63, 3.8) is 0 Å². The highest BCUT2D eigenvalue weighted by atomic mass is 16.6. The van der Waals surface area contributed by atoms with E-state index in [1.165, 1.54) is 12.0 Å². The third kappa shape index (κ3) is 8.00. The molecule has 3 saturated heterocycles. The highest BCUT2D eigenvalue weighted by molar-refractivity contribution is 5.98. The van der Waals surface area contributed by atoms with E-state index in [-0.39, 0.29) is 49.3 Å². The number of esters is 1. The summed E-state index contributed by atoms with van der Waals surface area (Å²) < 4.78 is 18.5. The number of allylic oxidation sites excluding steroid dienone is 1. The monoisotopic (exact) mass is 695 g/mol. The molecule has 3 heterocycles. The Morgan fingerprint density at radius 2 is 1.90 bits per heavy atom. The zero-order valence-corrected chi connectivity index (χ0v) is 30.4. The SMILES string of the molecule is C=CCCC(=O)N[C@@H](COC)[C@@H](OC(=O)[C@@H]1[C@H]2C(=O)N([C@@H](CO)CC(C)C)[C@H](C(=O)N(CC=C)C(C)CCC)[C@]23CC[C@H]1O3)c1ccccc1. The van der Waals surface area contributed by atoms with E-state index in [1.807, 2.05) is 51.1 Å². The Morgan fingerprint density at radius 3 is 2.50 bits per heavy atom. The number of nitrogens with zero attached hydrogens (tertiary/aromatic N) is 2.